The molecule has 0 saturated carbocycles. The number of hydrogen-bond donors (Lipinski definition) is 4. The van der Waals surface area contributed by atoms with Gasteiger partial charge in [-0.05, 0) is 54.9 Å². The Labute approximate surface area is 208 Å². The monoisotopic (exact) mass is 507 g/mol. The smallest absolute Gasteiger partial charge is 0.166 e. The Hall–Kier alpha value is -2.59. The Morgan fingerprint density at radius 1 is 1.12 bits per heavy atom. The summed E-state index contributed by atoms with van der Waals surface area (Å²) in [5.41, 5.74) is 2.72. The molecule has 0 aliphatic rings. The Morgan fingerprint density at radius 3 is 2.61 bits per heavy atom. The number of aromatic amines is 1. The van der Waals surface area contributed by atoms with Crippen LogP contribution in [0.4, 0.5) is 11.5 Å². The molecular formula is C22H27Cl2N7OS. The number of imidazole rings is 1. The summed E-state index contributed by atoms with van der Waals surface area (Å²) >= 11 is 17.7. The van der Waals surface area contributed by atoms with Gasteiger partial charge in [-0.3, -0.25) is 10.3 Å². The molecule has 33 heavy (non-hydrogen) atoms. The Kier molecular flexibility index (Phi) is 9.56. The van der Waals surface area contributed by atoms with Crippen molar-refractivity contribution in [3.05, 3.63) is 70.4 Å². The van der Waals surface area contributed by atoms with Crippen LogP contribution in [0.15, 0.2) is 49.1 Å². The maximum Gasteiger partial charge on any atom is 0.166 e. The highest BCUT2D eigenvalue weighted by Gasteiger charge is 2.11. The number of halogens is 2. The highest BCUT2D eigenvalue weighted by molar-refractivity contribution is 7.80. The number of hydroxylamine groups is 1. The fraction of sp³-hybridized carbons (Fsp3) is 0.318. The topological polar surface area (TPSA) is 92.3 Å². The maximum atomic E-state index is 9.61. The first-order chi connectivity index (χ1) is 15.9. The number of nitrogens with zero attached hydrogens (tertiary/aromatic N) is 4. The van der Waals surface area contributed by atoms with E-state index in [1.165, 1.54) is 0 Å². The number of hydrogen-bond acceptors (Lipinski definition) is 6. The molecule has 0 saturated heterocycles. The van der Waals surface area contributed by atoms with E-state index in [-0.39, 0.29) is 0 Å². The van der Waals surface area contributed by atoms with Crippen molar-refractivity contribution < 1.29 is 5.21 Å². The number of aromatic nitrogens is 3. The lowest BCUT2D eigenvalue weighted by Gasteiger charge is -2.25. The van der Waals surface area contributed by atoms with E-state index in [0.717, 1.165) is 41.5 Å². The number of nitrogens with one attached hydrogen (secondary N) is 3. The molecule has 0 aliphatic carbocycles. The molecule has 0 unspecified atom stereocenters. The van der Waals surface area contributed by atoms with Crippen LogP contribution < -0.4 is 20.6 Å². The normalized spacial score (nSPS) is 10.7. The number of rotatable bonds is 11. The summed E-state index contributed by atoms with van der Waals surface area (Å²) in [5, 5.41) is 18.8. The van der Waals surface area contributed by atoms with Crippen molar-refractivity contribution in [3.63, 3.8) is 0 Å². The second-order valence-electron chi connectivity index (χ2n) is 7.43. The Bertz CT molecular complexity index is 1020. The van der Waals surface area contributed by atoms with Gasteiger partial charge in [0.15, 0.2) is 5.11 Å². The van der Waals surface area contributed by atoms with Gasteiger partial charge in [0.05, 0.1) is 28.3 Å². The SMILES string of the molecule is CN(O)c1ccc(N(CCNC(=S)NCCCc2cnc[nH]2)Cc2ccc(Cl)c(Cl)c2)nc1. The molecular weight excluding hydrogens is 481 g/mol. The van der Waals surface area contributed by atoms with Crippen LogP contribution >= 0.6 is 35.4 Å². The molecule has 0 aliphatic heterocycles. The van der Waals surface area contributed by atoms with Gasteiger partial charge in [0.2, 0.25) is 0 Å². The molecule has 176 valence electrons. The molecule has 4 N–H and O–H groups in total. The summed E-state index contributed by atoms with van der Waals surface area (Å²) in [5.74, 6) is 0.770. The minimum atomic E-state index is 0.512. The van der Waals surface area contributed by atoms with E-state index in [9.17, 15) is 5.21 Å². The number of aryl methyl sites for hydroxylation is 1. The minimum absolute atomic E-state index is 0.512. The quantitative estimate of drug-likeness (QED) is 0.175. The van der Waals surface area contributed by atoms with Gasteiger partial charge in [0.25, 0.3) is 0 Å². The number of benzene rings is 1. The van der Waals surface area contributed by atoms with E-state index in [1.807, 2.05) is 30.5 Å². The molecule has 0 radical (unpaired) electrons. The molecule has 2 heterocycles. The van der Waals surface area contributed by atoms with Gasteiger partial charge in [0, 0.05) is 45.1 Å². The second kappa shape index (κ2) is 12.6. The predicted octanol–water partition coefficient (Wildman–Crippen LogP) is 4.04. The molecule has 0 amide bonds. The van der Waals surface area contributed by atoms with Crippen molar-refractivity contribution in [2.24, 2.45) is 0 Å². The molecule has 11 heteroatoms. The second-order valence-corrected chi connectivity index (χ2v) is 8.65. The van der Waals surface area contributed by atoms with Crippen LogP contribution in [0.5, 0.6) is 0 Å². The van der Waals surface area contributed by atoms with E-state index < -0.39 is 0 Å². The van der Waals surface area contributed by atoms with Crippen LogP contribution in [0.3, 0.4) is 0 Å². The summed E-state index contributed by atoms with van der Waals surface area (Å²) in [4.78, 5) is 13.7. The fourth-order valence-corrected chi connectivity index (χ4v) is 3.68. The lowest BCUT2D eigenvalue weighted by molar-refractivity contribution is 0.279. The first-order valence-corrected chi connectivity index (χ1v) is 11.7. The van der Waals surface area contributed by atoms with Crippen LogP contribution in [-0.4, -0.2) is 52.0 Å². The largest absolute Gasteiger partial charge is 0.363 e. The average Bonchev–Trinajstić information content (AvgIpc) is 3.32. The molecule has 1 aromatic carbocycles. The van der Waals surface area contributed by atoms with Crippen LogP contribution in [0.1, 0.15) is 17.7 Å². The maximum absolute atomic E-state index is 9.61. The minimum Gasteiger partial charge on any atom is -0.363 e. The Balaban J connectivity index is 1.54. The molecule has 0 bridgehead atoms. The zero-order chi connectivity index (χ0) is 23.6. The third kappa shape index (κ3) is 8.04. The third-order valence-electron chi connectivity index (χ3n) is 4.92. The lowest BCUT2D eigenvalue weighted by atomic mass is 10.2. The fourth-order valence-electron chi connectivity index (χ4n) is 3.16. The predicted molar refractivity (Wildman–Crippen MR) is 137 cm³/mol. The standard InChI is InChI=1S/C22H27Cl2N7OS/c1-30(32)18-5-7-21(28-13-18)31(14-16-4-6-19(23)20(24)11-16)10-9-27-22(33)26-8-2-3-17-12-25-15-29-17/h4-7,11-13,15,32H,2-3,8-10,14H2,1H3,(H,25,29)(H2,26,27,33). The van der Waals surface area contributed by atoms with Crippen LogP contribution in [0, 0.1) is 0 Å². The first kappa shape index (κ1) is 25.0. The molecule has 3 aromatic rings. The van der Waals surface area contributed by atoms with Crippen LogP contribution in [0.2, 0.25) is 10.0 Å². The van der Waals surface area contributed by atoms with Gasteiger partial charge in [-0.15, -0.1) is 0 Å². The summed E-state index contributed by atoms with van der Waals surface area (Å²) in [6.07, 6.45) is 7.00. The summed E-state index contributed by atoms with van der Waals surface area (Å²) in [6.45, 7) is 2.63. The van der Waals surface area contributed by atoms with Gasteiger partial charge < -0.3 is 20.5 Å². The van der Waals surface area contributed by atoms with Gasteiger partial charge in [-0.1, -0.05) is 29.3 Å². The molecule has 3 rings (SSSR count). The van der Waals surface area contributed by atoms with E-state index in [2.05, 4.69) is 30.5 Å². The zero-order valence-corrected chi connectivity index (χ0v) is 20.6. The van der Waals surface area contributed by atoms with Gasteiger partial charge in [0.1, 0.15) is 5.82 Å². The summed E-state index contributed by atoms with van der Waals surface area (Å²) in [6, 6.07) is 9.26. The van der Waals surface area contributed by atoms with Crippen molar-refractivity contribution in [3.8, 4) is 0 Å². The van der Waals surface area contributed by atoms with E-state index >= 15 is 0 Å². The zero-order valence-electron chi connectivity index (χ0n) is 18.3. The number of anilines is 2. The average molecular weight is 508 g/mol. The van der Waals surface area contributed by atoms with E-state index in [4.69, 9.17) is 35.4 Å². The highest BCUT2D eigenvalue weighted by Crippen LogP contribution is 2.24. The van der Waals surface area contributed by atoms with Crippen LogP contribution in [-0.2, 0) is 13.0 Å². The van der Waals surface area contributed by atoms with Crippen molar-refractivity contribution in [2.45, 2.75) is 19.4 Å². The lowest BCUT2D eigenvalue weighted by Crippen LogP contribution is -2.40. The molecule has 0 spiro atoms. The van der Waals surface area contributed by atoms with Crippen LogP contribution in [0.25, 0.3) is 0 Å². The first-order valence-electron chi connectivity index (χ1n) is 10.5. The van der Waals surface area contributed by atoms with Crippen molar-refractivity contribution in [2.75, 3.05) is 36.6 Å². The number of thiocarbonyl (C=S) groups is 1. The van der Waals surface area contributed by atoms with E-state index in [1.54, 1.807) is 25.6 Å². The molecule has 2 aromatic heterocycles. The van der Waals surface area contributed by atoms with E-state index in [0.29, 0.717) is 40.5 Å². The van der Waals surface area contributed by atoms with Crippen molar-refractivity contribution >= 4 is 52.0 Å². The number of pyridine rings is 1. The van der Waals surface area contributed by atoms with Gasteiger partial charge in [-0.25, -0.2) is 9.97 Å². The summed E-state index contributed by atoms with van der Waals surface area (Å²) < 4.78 is 0. The molecule has 0 atom stereocenters. The molecule has 8 nitrogen and oxygen atoms in total. The van der Waals surface area contributed by atoms with Crippen molar-refractivity contribution in [1.82, 2.24) is 25.6 Å². The van der Waals surface area contributed by atoms with Gasteiger partial charge >= 0.3 is 0 Å². The summed E-state index contributed by atoms with van der Waals surface area (Å²) in [7, 11) is 1.55. The van der Waals surface area contributed by atoms with Gasteiger partial charge in [-0.2, -0.15) is 0 Å². The highest BCUT2D eigenvalue weighted by atomic mass is 35.5. The third-order valence-corrected chi connectivity index (χ3v) is 5.95. The van der Waals surface area contributed by atoms with Crippen molar-refractivity contribution in [1.29, 1.82) is 0 Å². The Morgan fingerprint density at radius 2 is 1.94 bits per heavy atom. The number of H-pyrrole nitrogens is 1. The molecule has 0 fully saturated rings.